The van der Waals surface area contributed by atoms with Gasteiger partial charge in [0.05, 0.1) is 10.1 Å². The quantitative estimate of drug-likeness (QED) is 0.701. The molecule has 0 heterocycles. The lowest BCUT2D eigenvalue weighted by molar-refractivity contribution is 0.102. The molecule has 126 valence electrons. The molecule has 0 spiro atoms. The minimum absolute atomic E-state index is 0.248. The van der Waals surface area contributed by atoms with Crippen LogP contribution in [0.2, 0.25) is 0 Å². The molecule has 1 fully saturated rings. The number of carbonyl (C=O) groups is 1. The highest BCUT2D eigenvalue weighted by molar-refractivity contribution is 14.1. The normalized spacial score (nSPS) is 15.4. The molecule has 0 aromatic heterocycles. The summed E-state index contributed by atoms with van der Waals surface area (Å²) in [5.74, 6) is -0.248. The maximum Gasteiger partial charge on any atom is 0.255 e. The summed E-state index contributed by atoms with van der Waals surface area (Å²) in [4.78, 5) is 12.6. The number of sulfone groups is 1. The van der Waals surface area contributed by atoms with Crippen LogP contribution < -0.4 is 5.32 Å². The number of carbonyl (C=O) groups excluding carboxylic acids is 1. The van der Waals surface area contributed by atoms with Crippen molar-refractivity contribution >= 4 is 44.0 Å². The Balaban J connectivity index is 1.80. The van der Waals surface area contributed by atoms with Gasteiger partial charge in [-0.1, -0.05) is 18.9 Å². The van der Waals surface area contributed by atoms with E-state index in [1.807, 2.05) is 12.1 Å². The monoisotopic (exact) mass is 455 g/mol. The van der Waals surface area contributed by atoms with Crippen LogP contribution in [0.25, 0.3) is 0 Å². The number of rotatable bonds is 4. The van der Waals surface area contributed by atoms with Crippen molar-refractivity contribution < 1.29 is 13.2 Å². The molecule has 2 aromatic carbocycles. The molecule has 1 N–H and O–H groups in total. The summed E-state index contributed by atoms with van der Waals surface area (Å²) < 4.78 is 26.4. The zero-order chi connectivity index (χ0) is 17.2. The second-order valence-electron chi connectivity index (χ2n) is 5.94. The van der Waals surface area contributed by atoms with Crippen molar-refractivity contribution in [2.75, 3.05) is 5.32 Å². The van der Waals surface area contributed by atoms with Crippen molar-refractivity contribution in [1.82, 2.24) is 0 Å². The number of amides is 1. The topological polar surface area (TPSA) is 63.2 Å². The average molecular weight is 455 g/mol. The Morgan fingerprint density at radius 3 is 2.38 bits per heavy atom. The predicted octanol–water partition coefficient (Wildman–Crippen LogP) is 4.26. The van der Waals surface area contributed by atoms with E-state index in [1.165, 1.54) is 0 Å². The van der Waals surface area contributed by atoms with Gasteiger partial charge in [-0.2, -0.15) is 0 Å². The molecule has 1 amide bonds. The molecule has 0 radical (unpaired) electrons. The number of halogens is 1. The van der Waals surface area contributed by atoms with Crippen molar-refractivity contribution in [3.63, 3.8) is 0 Å². The van der Waals surface area contributed by atoms with Crippen LogP contribution in [0.5, 0.6) is 0 Å². The summed E-state index contributed by atoms with van der Waals surface area (Å²) in [5, 5.41) is 2.48. The SMILES string of the molecule is O=C(Nc1cccc(S(=O)(=O)C2CCCC2)c1)c1ccc(I)cc1. The fraction of sp³-hybridized carbons (Fsp3) is 0.278. The van der Waals surface area contributed by atoms with Crippen LogP contribution in [0.15, 0.2) is 53.4 Å². The number of hydrogen-bond acceptors (Lipinski definition) is 3. The van der Waals surface area contributed by atoms with Crippen LogP contribution in [0.1, 0.15) is 36.0 Å². The second-order valence-corrected chi connectivity index (χ2v) is 9.41. The third-order valence-corrected chi connectivity index (χ3v) is 7.25. The lowest BCUT2D eigenvalue weighted by Gasteiger charge is -2.12. The average Bonchev–Trinajstić information content (AvgIpc) is 3.11. The van der Waals surface area contributed by atoms with Gasteiger partial charge in [0.25, 0.3) is 5.91 Å². The van der Waals surface area contributed by atoms with Crippen molar-refractivity contribution in [3.8, 4) is 0 Å². The molecule has 2 aromatic rings. The molecule has 6 heteroatoms. The van der Waals surface area contributed by atoms with Crippen LogP contribution in [0.4, 0.5) is 5.69 Å². The minimum atomic E-state index is -3.32. The lowest BCUT2D eigenvalue weighted by Crippen LogP contribution is -2.18. The van der Waals surface area contributed by atoms with Gasteiger partial charge >= 0.3 is 0 Å². The van der Waals surface area contributed by atoms with Gasteiger partial charge in [0.1, 0.15) is 0 Å². The van der Waals surface area contributed by atoms with E-state index in [-0.39, 0.29) is 16.1 Å². The Kier molecular flexibility index (Phi) is 5.24. The number of hydrogen-bond donors (Lipinski definition) is 1. The number of benzene rings is 2. The molecule has 1 saturated carbocycles. The molecule has 1 aliphatic carbocycles. The molecule has 0 unspecified atom stereocenters. The Bertz CT molecular complexity index is 841. The molecule has 3 rings (SSSR count). The third-order valence-electron chi connectivity index (χ3n) is 4.27. The van der Waals surface area contributed by atoms with Gasteiger partial charge < -0.3 is 5.32 Å². The number of nitrogens with one attached hydrogen (secondary N) is 1. The fourth-order valence-corrected chi connectivity index (χ4v) is 5.20. The van der Waals surface area contributed by atoms with E-state index in [2.05, 4.69) is 27.9 Å². The van der Waals surface area contributed by atoms with Crippen LogP contribution in [-0.2, 0) is 9.84 Å². The molecule has 0 aliphatic heterocycles. The van der Waals surface area contributed by atoms with Crippen LogP contribution in [0, 0.1) is 3.57 Å². The second kappa shape index (κ2) is 7.23. The third kappa shape index (κ3) is 3.80. The molecule has 24 heavy (non-hydrogen) atoms. The van der Waals surface area contributed by atoms with Gasteiger partial charge in [0.15, 0.2) is 9.84 Å². The molecule has 0 bridgehead atoms. The van der Waals surface area contributed by atoms with E-state index < -0.39 is 9.84 Å². The summed E-state index contributed by atoms with van der Waals surface area (Å²) >= 11 is 2.18. The fourth-order valence-electron chi connectivity index (χ4n) is 2.95. The number of anilines is 1. The summed E-state index contributed by atoms with van der Waals surface area (Å²) in [5.41, 5.74) is 1.04. The highest BCUT2D eigenvalue weighted by atomic mass is 127. The van der Waals surface area contributed by atoms with E-state index in [0.717, 1.165) is 29.3 Å². The lowest BCUT2D eigenvalue weighted by atomic mass is 10.2. The van der Waals surface area contributed by atoms with Gasteiger partial charge in [0.2, 0.25) is 0 Å². The summed E-state index contributed by atoms with van der Waals surface area (Å²) in [7, 11) is -3.32. The molecular weight excluding hydrogens is 437 g/mol. The van der Waals surface area contributed by atoms with Gasteiger partial charge in [-0.25, -0.2) is 8.42 Å². The van der Waals surface area contributed by atoms with Gasteiger partial charge in [-0.15, -0.1) is 0 Å². The highest BCUT2D eigenvalue weighted by Gasteiger charge is 2.30. The Morgan fingerprint density at radius 1 is 1.04 bits per heavy atom. The summed E-state index contributed by atoms with van der Waals surface area (Å²) in [6.07, 6.45) is 3.38. The standard InChI is InChI=1S/C18H18INO3S/c19-14-10-8-13(9-11-14)18(21)20-15-4-3-7-17(12-15)24(22,23)16-5-1-2-6-16/h3-4,7-12,16H,1-2,5-6H2,(H,20,21). The van der Waals surface area contributed by atoms with E-state index >= 15 is 0 Å². The Labute approximate surface area is 155 Å². The maximum atomic E-state index is 12.7. The van der Waals surface area contributed by atoms with E-state index in [4.69, 9.17) is 0 Å². The zero-order valence-electron chi connectivity index (χ0n) is 13.0. The molecule has 0 atom stereocenters. The van der Waals surface area contributed by atoms with Gasteiger partial charge in [-0.3, -0.25) is 4.79 Å². The van der Waals surface area contributed by atoms with Crippen molar-refractivity contribution in [2.24, 2.45) is 0 Å². The predicted molar refractivity (Wildman–Crippen MR) is 103 cm³/mol. The van der Waals surface area contributed by atoms with Crippen LogP contribution >= 0.6 is 22.6 Å². The zero-order valence-corrected chi connectivity index (χ0v) is 16.0. The molecule has 4 nitrogen and oxygen atoms in total. The summed E-state index contributed by atoms with van der Waals surface area (Å²) in [6, 6.07) is 13.7. The smallest absolute Gasteiger partial charge is 0.255 e. The van der Waals surface area contributed by atoms with Crippen molar-refractivity contribution in [2.45, 2.75) is 35.8 Å². The van der Waals surface area contributed by atoms with E-state index in [9.17, 15) is 13.2 Å². The van der Waals surface area contributed by atoms with Crippen molar-refractivity contribution in [3.05, 3.63) is 57.7 Å². The van der Waals surface area contributed by atoms with Crippen LogP contribution in [0.3, 0.4) is 0 Å². The molecule has 1 aliphatic rings. The Morgan fingerprint density at radius 2 is 1.71 bits per heavy atom. The van der Waals surface area contributed by atoms with E-state index in [1.54, 1.807) is 36.4 Å². The first-order valence-corrected chi connectivity index (χ1v) is 10.5. The summed E-state index contributed by atoms with van der Waals surface area (Å²) in [6.45, 7) is 0. The largest absolute Gasteiger partial charge is 0.322 e. The van der Waals surface area contributed by atoms with Gasteiger partial charge in [0, 0.05) is 14.8 Å². The van der Waals surface area contributed by atoms with Crippen molar-refractivity contribution in [1.29, 1.82) is 0 Å². The first-order chi connectivity index (χ1) is 11.5. The Hall–Kier alpha value is -1.41. The van der Waals surface area contributed by atoms with Gasteiger partial charge in [-0.05, 0) is 77.9 Å². The first kappa shape index (κ1) is 17.4. The molecular formula is C18H18INO3S. The van der Waals surface area contributed by atoms with E-state index in [0.29, 0.717) is 11.3 Å². The first-order valence-electron chi connectivity index (χ1n) is 7.88. The van der Waals surface area contributed by atoms with Crippen LogP contribution in [-0.4, -0.2) is 19.6 Å². The minimum Gasteiger partial charge on any atom is -0.322 e. The highest BCUT2D eigenvalue weighted by Crippen LogP contribution is 2.30. The molecule has 0 saturated heterocycles. The maximum absolute atomic E-state index is 12.7.